The van der Waals surface area contributed by atoms with Crippen LogP contribution in [0.15, 0.2) is 17.9 Å². The monoisotopic (exact) mass is 348 g/mol. The summed E-state index contributed by atoms with van der Waals surface area (Å²) in [6.07, 6.45) is -2.32. The molecule has 124 valence electrons. The number of carbonyl (C=O) groups is 2. The van der Waals surface area contributed by atoms with Gasteiger partial charge in [0.1, 0.15) is 4.88 Å². The van der Waals surface area contributed by atoms with Crippen LogP contribution in [0.4, 0.5) is 18.9 Å². The van der Waals surface area contributed by atoms with E-state index in [0.717, 1.165) is 16.4 Å². The van der Waals surface area contributed by atoms with E-state index >= 15 is 0 Å². The molecule has 2 rings (SSSR count). The van der Waals surface area contributed by atoms with Crippen molar-refractivity contribution in [3.8, 4) is 0 Å². The van der Waals surface area contributed by atoms with Crippen molar-refractivity contribution in [2.45, 2.75) is 25.6 Å². The van der Waals surface area contributed by atoms with Gasteiger partial charge in [-0.3, -0.25) is 9.48 Å². The second kappa shape index (κ2) is 5.65. The van der Waals surface area contributed by atoms with Crippen molar-refractivity contribution in [1.82, 2.24) is 14.8 Å². The molecular weight excluding hydrogens is 337 g/mol. The molecule has 0 bridgehead atoms. The second-order valence-electron chi connectivity index (χ2n) is 5.02. The Morgan fingerprint density at radius 3 is 2.57 bits per heavy atom. The Balaban J connectivity index is 2.21. The first-order valence-electron chi connectivity index (χ1n) is 6.14. The molecule has 2 N–H and O–H groups in total. The van der Waals surface area contributed by atoms with Gasteiger partial charge in [-0.25, -0.2) is 9.78 Å². The lowest BCUT2D eigenvalue weighted by molar-refractivity contribution is -0.146. The third-order valence-electron chi connectivity index (χ3n) is 2.98. The Hall–Kier alpha value is -2.43. The normalized spacial score (nSPS) is 12.2. The number of anilines is 1. The van der Waals surface area contributed by atoms with E-state index in [0.29, 0.717) is 11.3 Å². The van der Waals surface area contributed by atoms with Gasteiger partial charge in [0, 0.05) is 6.20 Å². The van der Waals surface area contributed by atoms with E-state index in [2.05, 4.69) is 15.4 Å². The van der Waals surface area contributed by atoms with E-state index < -0.39 is 34.2 Å². The number of nitrogens with zero attached hydrogens (tertiary/aromatic N) is 3. The van der Waals surface area contributed by atoms with Gasteiger partial charge in [0.25, 0.3) is 5.91 Å². The molecule has 0 saturated carbocycles. The number of thiazole rings is 1. The Morgan fingerprint density at radius 2 is 2.00 bits per heavy atom. The molecule has 0 atom stereocenters. The predicted molar refractivity (Wildman–Crippen MR) is 74.3 cm³/mol. The Kier molecular flexibility index (Phi) is 4.16. The van der Waals surface area contributed by atoms with Gasteiger partial charge in [-0.2, -0.15) is 18.3 Å². The van der Waals surface area contributed by atoms with E-state index in [1.165, 1.54) is 20.0 Å². The smallest absolute Gasteiger partial charge is 0.427 e. The minimum absolute atomic E-state index is 0.0606. The van der Waals surface area contributed by atoms with Gasteiger partial charge in [-0.1, -0.05) is 0 Å². The van der Waals surface area contributed by atoms with E-state index in [1.54, 1.807) is 0 Å². The standard InChI is InChI=1S/C12H11F3N4O3S/c1-11(2,10(21)22)19-4-6(3-17-19)18-9(20)7-8(12(13,14)15)23-5-16-7/h3-5H,1-2H3,(H,18,20)(H,21,22). The summed E-state index contributed by atoms with van der Waals surface area (Å²) in [5.41, 5.74) is -1.13. The third kappa shape index (κ3) is 3.33. The number of carboxylic acids is 1. The van der Waals surface area contributed by atoms with Gasteiger partial charge in [-0.15, -0.1) is 11.3 Å². The molecule has 0 radical (unpaired) electrons. The molecule has 0 aromatic carbocycles. The van der Waals surface area contributed by atoms with Crippen LogP contribution in [-0.2, 0) is 16.5 Å². The first kappa shape index (κ1) is 16.9. The maximum absolute atomic E-state index is 12.7. The highest BCUT2D eigenvalue weighted by atomic mass is 32.1. The van der Waals surface area contributed by atoms with Crippen molar-refractivity contribution in [2.75, 3.05) is 5.32 Å². The molecule has 11 heteroatoms. The highest BCUT2D eigenvalue weighted by Gasteiger charge is 2.38. The number of hydrogen-bond donors (Lipinski definition) is 2. The topological polar surface area (TPSA) is 97.1 Å². The Bertz CT molecular complexity index is 751. The van der Waals surface area contributed by atoms with Gasteiger partial charge in [-0.05, 0) is 13.8 Å². The van der Waals surface area contributed by atoms with Crippen LogP contribution in [0.3, 0.4) is 0 Å². The molecule has 0 saturated heterocycles. The summed E-state index contributed by atoms with van der Waals surface area (Å²) < 4.78 is 39.3. The number of halogens is 3. The van der Waals surface area contributed by atoms with Crippen molar-refractivity contribution in [3.63, 3.8) is 0 Å². The zero-order valence-electron chi connectivity index (χ0n) is 11.9. The van der Waals surface area contributed by atoms with Crippen molar-refractivity contribution < 1.29 is 27.9 Å². The molecule has 0 unspecified atom stereocenters. The molecule has 1 amide bonds. The number of nitrogens with one attached hydrogen (secondary N) is 1. The van der Waals surface area contributed by atoms with Crippen LogP contribution in [0.25, 0.3) is 0 Å². The SMILES string of the molecule is CC(C)(C(=O)O)n1cc(NC(=O)c2ncsc2C(F)(F)F)cn1. The average molecular weight is 348 g/mol. The highest BCUT2D eigenvalue weighted by molar-refractivity contribution is 7.10. The molecule has 0 aliphatic rings. The van der Waals surface area contributed by atoms with Gasteiger partial charge in [0.05, 0.1) is 17.4 Å². The molecule has 7 nitrogen and oxygen atoms in total. The molecule has 0 aliphatic heterocycles. The summed E-state index contributed by atoms with van der Waals surface area (Å²) in [6.45, 7) is 2.77. The fourth-order valence-electron chi connectivity index (χ4n) is 1.59. The summed E-state index contributed by atoms with van der Waals surface area (Å²) >= 11 is 0.313. The average Bonchev–Trinajstić information content (AvgIpc) is 3.06. The van der Waals surface area contributed by atoms with Crippen molar-refractivity contribution in [2.24, 2.45) is 0 Å². The minimum Gasteiger partial charge on any atom is -0.479 e. The molecular formula is C12H11F3N4O3S. The largest absolute Gasteiger partial charge is 0.479 e. The highest BCUT2D eigenvalue weighted by Crippen LogP contribution is 2.35. The summed E-state index contributed by atoms with van der Waals surface area (Å²) in [5.74, 6) is -2.21. The Morgan fingerprint density at radius 1 is 1.35 bits per heavy atom. The number of rotatable bonds is 4. The van der Waals surface area contributed by atoms with Crippen LogP contribution in [0.5, 0.6) is 0 Å². The Labute approximate surface area is 131 Å². The van der Waals surface area contributed by atoms with Crippen molar-refractivity contribution >= 4 is 28.9 Å². The number of carbonyl (C=O) groups excluding carboxylic acids is 1. The first-order valence-corrected chi connectivity index (χ1v) is 7.02. The zero-order chi connectivity index (χ0) is 17.4. The minimum atomic E-state index is -4.68. The van der Waals surface area contributed by atoms with Gasteiger partial charge < -0.3 is 10.4 Å². The molecule has 23 heavy (non-hydrogen) atoms. The van der Waals surface area contributed by atoms with Gasteiger partial charge >= 0.3 is 12.1 Å². The predicted octanol–water partition coefficient (Wildman–Crippen LogP) is 2.43. The summed E-state index contributed by atoms with van der Waals surface area (Å²) in [4.78, 5) is 25.4. The fourth-order valence-corrected chi connectivity index (χ4v) is 2.24. The van der Waals surface area contributed by atoms with E-state index in [1.807, 2.05) is 0 Å². The van der Waals surface area contributed by atoms with Gasteiger partial charge in [0.2, 0.25) is 0 Å². The van der Waals surface area contributed by atoms with Crippen LogP contribution >= 0.6 is 11.3 Å². The molecule has 2 heterocycles. The summed E-state index contributed by atoms with van der Waals surface area (Å²) in [7, 11) is 0. The van der Waals surface area contributed by atoms with Crippen LogP contribution in [0, 0.1) is 0 Å². The number of aliphatic carboxylic acids is 1. The first-order chi connectivity index (χ1) is 10.5. The molecule has 2 aromatic heterocycles. The number of alkyl halides is 3. The van der Waals surface area contributed by atoms with Crippen molar-refractivity contribution in [1.29, 1.82) is 0 Å². The maximum atomic E-state index is 12.7. The lowest BCUT2D eigenvalue weighted by Gasteiger charge is -2.19. The van der Waals surface area contributed by atoms with Crippen molar-refractivity contribution in [3.05, 3.63) is 28.5 Å². The second-order valence-corrected chi connectivity index (χ2v) is 5.87. The third-order valence-corrected chi connectivity index (χ3v) is 3.85. The van der Waals surface area contributed by atoms with Gasteiger partial charge in [0.15, 0.2) is 11.2 Å². The molecule has 0 fully saturated rings. The van der Waals surface area contributed by atoms with E-state index in [4.69, 9.17) is 5.11 Å². The number of hydrogen-bond acceptors (Lipinski definition) is 5. The quantitative estimate of drug-likeness (QED) is 0.884. The number of amides is 1. The lowest BCUT2D eigenvalue weighted by atomic mass is 10.1. The summed E-state index contributed by atoms with van der Waals surface area (Å²) in [6, 6.07) is 0. The maximum Gasteiger partial charge on any atom is 0.427 e. The molecule has 0 aliphatic carbocycles. The lowest BCUT2D eigenvalue weighted by Crippen LogP contribution is -2.35. The van der Waals surface area contributed by atoms with Crippen LogP contribution < -0.4 is 5.32 Å². The van der Waals surface area contributed by atoms with Crippen LogP contribution in [-0.4, -0.2) is 31.7 Å². The molecule has 2 aromatic rings. The van der Waals surface area contributed by atoms with E-state index in [9.17, 15) is 22.8 Å². The number of aromatic nitrogens is 3. The fraction of sp³-hybridized carbons (Fsp3) is 0.333. The van der Waals surface area contributed by atoms with E-state index in [-0.39, 0.29) is 5.69 Å². The zero-order valence-corrected chi connectivity index (χ0v) is 12.7. The molecule has 0 spiro atoms. The van der Waals surface area contributed by atoms with Crippen LogP contribution in [0.1, 0.15) is 29.2 Å². The van der Waals surface area contributed by atoms with Crippen LogP contribution in [0.2, 0.25) is 0 Å². The summed E-state index contributed by atoms with van der Waals surface area (Å²) in [5, 5.41) is 15.1. The number of carboxylic acid groups (broad SMARTS) is 1.